The summed E-state index contributed by atoms with van der Waals surface area (Å²) in [6, 6.07) is 11.9. The van der Waals surface area contributed by atoms with E-state index in [9.17, 15) is 0 Å². The monoisotopic (exact) mass is 325 g/mol. The summed E-state index contributed by atoms with van der Waals surface area (Å²) in [5.41, 5.74) is 8.73. The minimum Gasteiger partial charge on any atom is -0.465 e. The molecule has 3 aromatic rings. The number of hydrogen-bond donors (Lipinski definition) is 2. The van der Waals surface area contributed by atoms with E-state index in [1.54, 1.807) is 7.11 Å². The number of rotatable bonds is 7. The molecule has 3 rings (SSSR count). The van der Waals surface area contributed by atoms with Crippen molar-refractivity contribution >= 4 is 22.4 Å². The van der Waals surface area contributed by atoms with Gasteiger partial charge in [0.15, 0.2) is 0 Å². The number of nitrogens with one attached hydrogen (secondary N) is 1. The summed E-state index contributed by atoms with van der Waals surface area (Å²) in [7, 11) is 1.72. The molecule has 126 valence electrons. The van der Waals surface area contributed by atoms with Crippen molar-refractivity contribution in [3.63, 3.8) is 0 Å². The van der Waals surface area contributed by atoms with E-state index in [4.69, 9.17) is 19.9 Å². The largest absolute Gasteiger partial charge is 0.465 e. The minimum absolute atomic E-state index is 0.610. The van der Waals surface area contributed by atoms with Gasteiger partial charge in [0, 0.05) is 24.8 Å². The summed E-state index contributed by atoms with van der Waals surface area (Å²) in [6.45, 7) is 3.28. The summed E-state index contributed by atoms with van der Waals surface area (Å²) in [5.74, 6) is 2.70. The normalized spacial score (nSPS) is 11.1. The molecule has 0 saturated carbocycles. The van der Waals surface area contributed by atoms with Crippen LogP contribution < -0.4 is 11.1 Å². The SMILES string of the molecule is COCCCc1cc2cc(N)ccc2nc1NCc1ccc(C)o1. The minimum atomic E-state index is 0.610. The third-order valence-electron chi connectivity index (χ3n) is 3.94. The third-order valence-corrected chi connectivity index (χ3v) is 3.94. The number of nitrogens with zero attached hydrogens (tertiary/aromatic N) is 1. The lowest BCUT2D eigenvalue weighted by molar-refractivity contribution is 0.195. The highest BCUT2D eigenvalue weighted by Gasteiger charge is 2.09. The molecule has 3 N–H and O–H groups in total. The molecule has 2 aromatic heterocycles. The second kappa shape index (κ2) is 7.36. The first-order chi connectivity index (χ1) is 11.7. The Hall–Kier alpha value is -2.53. The third kappa shape index (κ3) is 3.86. The quantitative estimate of drug-likeness (QED) is 0.509. The van der Waals surface area contributed by atoms with Crippen LogP contribution >= 0.6 is 0 Å². The summed E-state index contributed by atoms with van der Waals surface area (Å²) >= 11 is 0. The molecule has 0 unspecified atom stereocenters. The van der Waals surface area contributed by atoms with E-state index in [0.717, 1.165) is 58.9 Å². The number of ether oxygens (including phenoxy) is 1. The van der Waals surface area contributed by atoms with E-state index >= 15 is 0 Å². The number of furan rings is 1. The van der Waals surface area contributed by atoms with Crippen molar-refractivity contribution in [2.45, 2.75) is 26.3 Å². The highest BCUT2D eigenvalue weighted by atomic mass is 16.5. The number of aryl methyl sites for hydroxylation is 2. The maximum absolute atomic E-state index is 5.89. The summed E-state index contributed by atoms with van der Waals surface area (Å²) in [6.07, 6.45) is 1.84. The predicted octanol–water partition coefficient (Wildman–Crippen LogP) is 3.91. The lowest BCUT2D eigenvalue weighted by atomic mass is 10.1. The van der Waals surface area contributed by atoms with Crippen molar-refractivity contribution in [3.05, 3.63) is 53.5 Å². The number of benzene rings is 1. The summed E-state index contributed by atoms with van der Waals surface area (Å²) in [5, 5.41) is 4.46. The summed E-state index contributed by atoms with van der Waals surface area (Å²) in [4.78, 5) is 4.77. The Balaban J connectivity index is 1.87. The number of pyridine rings is 1. The second-order valence-corrected chi connectivity index (χ2v) is 5.91. The summed E-state index contributed by atoms with van der Waals surface area (Å²) < 4.78 is 10.8. The first kappa shape index (κ1) is 16.3. The average molecular weight is 325 g/mol. The van der Waals surface area contributed by atoms with Crippen LogP contribution in [0.5, 0.6) is 0 Å². The van der Waals surface area contributed by atoms with Gasteiger partial charge in [-0.1, -0.05) is 0 Å². The van der Waals surface area contributed by atoms with Gasteiger partial charge in [0.05, 0.1) is 12.1 Å². The Morgan fingerprint density at radius 3 is 2.83 bits per heavy atom. The molecule has 0 radical (unpaired) electrons. The molecule has 0 atom stereocenters. The van der Waals surface area contributed by atoms with Crippen LogP contribution in [0.3, 0.4) is 0 Å². The first-order valence-corrected chi connectivity index (χ1v) is 8.13. The number of aromatic nitrogens is 1. The van der Waals surface area contributed by atoms with Gasteiger partial charge in [-0.2, -0.15) is 0 Å². The van der Waals surface area contributed by atoms with Crippen LogP contribution in [0, 0.1) is 6.92 Å². The van der Waals surface area contributed by atoms with Crippen LogP contribution in [-0.4, -0.2) is 18.7 Å². The smallest absolute Gasteiger partial charge is 0.130 e. The first-order valence-electron chi connectivity index (χ1n) is 8.13. The molecule has 2 heterocycles. The van der Waals surface area contributed by atoms with Crippen molar-refractivity contribution in [1.82, 2.24) is 4.98 Å². The van der Waals surface area contributed by atoms with Crippen molar-refractivity contribution in [2.24, 2.45) is 0 Å². The van der Waals surface area contributed by atoms with Crippen molar-refractivity contribution in [1.29, 1.82) is 0 Å². The maximum atomic E-state index is 5.89. The zero-order valence-electron chi connectivity index (χ0n) is 14.1. The fraction of sp³-hybridized carbons (Fsp3) is 0.316. The fourth-order valence-electron chi connectivity index (χ4n) is 2.74. The number of methoxy groups -OCH3 is 1. The Morgan fingerprint density at radius 2 is 2.08 bits per heavy atom. The molecule has 1 aromatic carbocycles. The maximum Gasteiger partial charge on any atom is 0.130 e. The van der Waals surface area contributed by atoms with Gasteiger partial charge in [-0.05, 0) is 61.7 Å². The molecule has 5 nitrogen and oxygen atoms in total. The molecule has 0 fully saturated rings. The van der Waals surface area contributed by atoms with E-state index in [-0.39, 0.29) is 0 Å². The number of anilines is 2. The molecule has 0 aliphatic heterocycles. The number of nitrogen functional groups attached to an aromatic ring is 1. The van der Waals surface area contributed by atoms with E-state index in [0.29, 0.717) is 6.54 Å². The van der Waals surface area contributed by atoms with E-state index < -0.39 is 0 Å². The molecule has 24 heavy (non-hydrogen) atoms. The van der Waals surface area contributed by atoms with Gasteiger partial charge >= 0.3 is 0 Å². The Bertz CT molecular complexity index is 827. The van der Waals surface area contributed by atoms with Gasteiger partial charge in [0.1, 0.15) is 17.3 Å². The van der Waals surface area contributed by atoms with Gasteiger partial charge in [0.2, 0.25) is 0 Å². The van der Waals surface area contributed by atoms with Gasteiger partial charge in [-0.15, -0.1) is 0 Å². The second-order valence-electron chi connectivity index (χ2n) is 5.91. The molecule has 0 bridgehead atoms. The van der Waals surface area contributed by atoms with Gasteiger partial charge < -0.3 is 20.2 Å². The van der Waals surface area contributed by atoms with Crippen LogP contribution in [0.15, 0.2) is 40.8 Å². The number of fused-ring (bicyclic) bond motifs is 1. The van der Waals surface area contributed by atoms with Crippen LogP contribution in [0.2, 0.25) is 0 Å². The molecule has 0 saturated heterocycles. The van der Waals surface area contributed by atoms with Gasteiger partial charge in [0.25, 0.3) is 0 Å². The van der Waals surface area contributed by atoms with E-state index in [1.807, 2.05) is 37.3 Å². The molecule has 5 heteroatoms. The Labute approximate surface area is 141 Å². The number of hydrogen-bond acceptors (Lipinski definition) is 5. The number of nitrogens with two attached hydrogens (primary N) is 1. The van der Waals surface area contributed by atoms with E-state index in [2.05, 4.69) is 11.4 Å². The fourth-order valence-corrected chi connectivity index (χ4v) is 2.74. The molecule has 0 aliphatic carbocycles. The Morgan fingerprint density at radius 1 is 1.21 bits per heavy atom. The Kier molecular flexibility index (Phi) is 5.01. The zero-order chi connectivity index (χ0) is 16.9. The standard InChI is InChI=1S/C19H23N3O2/c1-13-5-7-17(24-13)12-21-19-14(4-3-9-23-2)10-15-11-16(20)6-8-18(15)22-19/h5-8,10-11H,3-4,9,12,20H2,1-2H3,(H,21,22). The van der Waals surface area contributed by atoms with Crippen molar-refractivity contribution in [3.8, 4) is 0 Å². The molecule has 0 spiro atoms. The zero-order valence-corrected chi connectivity index (χ0v) is 14.1. The van der Waals surface area contributed by atoms with Crippen LogP contribution in [0.1, 0.15) is 23.5 Å². The van der Waals surface area contributed by atoms with E-state index in [1.165, 1.54) is 0 Å². The lowest BCUT2D eigenvalue weighted by Crippen LogP contribution is -2.05. The lowest BCUT2D eigenvalue weighted by Gasteiger charge is -2.12. The van der Waals surface area contributed by atoms with Crippen molar-refractivity contribution < 1.29 is 9.15 Å². The molecular formula is C19H23N3O2. The van der Waals surface area contributed by atoms with Gasteiger partial charge in [-0.25, -0.2) is 4.98 Å². The predicted molar refractivity (Wildman–Crippen MR) is 97.1 cm³/mol. The average Bonchev–Trinajstić information content (AvgIpc) is 2.98. The molecule has 0 amide bonds. The van der Waals surface area contributed by atoms with Crippen molar-refractivity contribution in [2.75, 3.05) is 24.8 Å². The molecular weight excluding hydrogens is 302 g/mol. The molecule has 0 aliphatic rings. The topological polar surface area (TPSA) is 73.3 Å². The van der Waals surface area contributed by atoms with Gasteiger partial charge in [-0.3, -0.25) is 0 Å². The van der Waals surface area contributed by atoms with Crippen LogP contribution in [-0.2, 0) is 17.7 Å². The van der Waals surface area contributed by atoms with Crippen LogP contribution in [0.25, 0.3) is 10.9 Å². The highest BCUT2D eigenvalue weighted by Crippen LogP contribution is 2.24. The van der Waals surface area contributed by atoms with Crippen LogP contribution in [0.4, 0.5) is 11.5 Å². The highest BCUT2D eigenvalue weighted by molar-refractivity contribution is 5.84.